The van der Waals surface area contributed by atoms with Gasteiger partial charge in [-0.15, -0.1) is 18.2 Å². The van der Waals surface area contributed by atoms with Gasteiger partial charge in [0.15, 0.2) is 0 Å². The van der Waals surface area contributed by atoms with E-state index in [1.165, 1.54) is 64.3 Å². The zero-order chi connectivity index (χ0) is 37.1. The summed E-state index contributed by atoms with van der Waals surface area (Å²) in [7, 11) is 0. The molecule has 3 nitrogen and oxygen atoms in total. The number of fused-ring (bicyclic) bond motifs is 3. The summed E-state index contributed by atoms with van der Waals surface area (Å²) in [6, 6.07) is 40.6. The number of hydrogen-bond donors (Lipinski definition) is 0. The van der Waals surface area contributed by atoms with Gasteiger partial charge in [0.2, 0.25) is 0 Å². The van der Waals surface area contributed by atoms with Crippen LogP contribution in [0.25, 0.3) is 55.6 Å². The SMILES string of the molecule is CC(C)c1cc(-c2[c-]cccc2)nc[c]1[Ge]([CH3])([CH3])[CH3].Cc1cc(-c2ccccc2)c2c(c1)oc1c(-c3cc(C(C)C4CCCCC4)ccn3)[c-]ccc12.[Ir]. The second-order valence-corrected chi connectivity index (χ2v) is 26.8. The van der Waals surface area contributed by atoms with Crippen LogP contribution in [-0.2, 0) is 20.1 Å². The van der Waals surface area contributed by atoms with E-state index in [2.05, 4.69) is 141 Å². The fraction of sp³-hybridized carbons (Fsp3) is 0.306. The number of aryl methyl sites for hydroxylation is 1. The largest absolute Gasteiger partial charge is 0.501 e. The molecule has 8 rings (SSSR count). The first-order valence-corrected chi connectivity index (χ1v) is 26.8. The Labute approximate surface area is 338 Å². The van der Waals surface area contributed by atoms with Crippen molar-refractivity contribution < 1.29 is 24.5 Å². The number of rotatable bonds is 7. The van der Waals surface area contributed by atoms with E-state index in [0.717, 1.165) is 50.4 Å². The Morgan fingerprint density at radius 2 is 1.54 bits per heavy atom. The van der Waals surface area contributed by atoms with Crippen LogP contribution in [0.15, 0.2) is 114 Å². The Hall–Kier alpha value is -3.83. The minimum Gasteiger partial charge on any atom is -0.501 e. The van der Waals surface area contributed by atoms with Crippen LogP contribution in [-0.4, -0.2) is 23.2 Å². The molecule has 0 saturated heterocycles. The van der Waals surface area contributed by atoms with Gasteiger partial charge in [-0.25, -0.2) is 0 Å². The van der Waals surface area contributed by atoms with Crippen LogP contribution in [0, 0.1) is 25.0 Å². The third-order valence-electron chi connectivity index (χ3n) is 11.0. The number of nitrogens with zero attached hydrogens (tertiary/aromatic N) is 2. The zero-order valence-electron chi connectivity index (χ0n) is 32.8. The Kier molecular flexibility index (Phi) is 12.8. The normalized spacial score (nSPS) is 14.1. The van der Waals surface area contributed by atoms with Crippen LogP contribution in [0.3, 0.4) is 0 Å². The predicted octanol–water partition coefficient (Wildman–Crippen LogP) is 13.3. The molecule has 279 valence electrons. The fourth-order valence-electron chi connectivity index (χ4n) is 8.09. The average Bonchev–Trinajstić information content (AvgIpc) is 3.56. The minimum atomic E-state index is -1.85. The maximum absolute atomic E-state index is 6.53. The number of pyridine rings is 2. The molecule has 0 amide bonds. The molecular formula is C49H52GeIrN2O-2. The molecule has 0 bridgehead atoms. The third-order valence-corrected chi connectivity index (χ3v) is 15.3. The van der Waals surface area contributed by atoms with Crippen molar-refractivity contribution >= 4 is 39.6 Å². The van der Waals surface area contributed by atoms with Crippen LogP contribution >= 0.6 is 0 Å². The summed E-state index contributed by atoms with van der Waals surface area (Å²) in [6.45, 7) is 9.05. The number of hydrogen-bond acceptors (Lipinski definition) is 3. The van der Waals surface area contributed by atoms with E-state index in [-0.39, 0.29) is 20.1 Å². The monoisotopic (exact) mass is 951 g/mol. The molecule has 0 spiro atoms. The van der Waals surface area contributed by atoms with E-state index in [4.69, 9.17) is 9.40 Å². The summed E-state index contributed by atoms with van der Waals surface area (Å²) in [5.41, 5.74) is 12.2. The first kappa shape index (κ1) is 39.9. The van der Waals surface area contributed by atoms with Crippen molar-refractivity contribution in [2.24, 2.45) is 5.92 Å². The van der Waals surface area contributed by atoms with E-state index in [0.29, 0.717) is 11.8 Å². The van der Waals surface area contributed by atoms with Crippen molar-refractivity contribution in [2.45, 2.75) is 88.9 Å². The molecule has 54 heavy (non-hydrogen) atoms. The van der Waals surface area contributed by atoms with Crippen LogP contribution in [0.4, 0.5) is 0 Å². The molecule has 1 aliphatic carbocycles. The molecule has 0 aliphatic heterocycles. The summed E-state index contributed by atoms with van der Waals surface area (Å²) in [6.07, 6.45) is 10.9. The zero-order valence-corrected chi connectivity index (χ0v) is 37.3. The van der Waals surface area contributed by atoms with Crippen LogP contribution in [0.1, 0.15) is 81.4 Å². The molecule has 1 atom stereocenters. The maximum atomic E-state index is 6.53. The number of benzene rings is 4. The third kappa shape index (κ3) is 8.67. The van der Waals surface area contributed by atoms with Gasteiger partial charge in [-0.1, -0.05) is 85.2 Å². The summed E-state index contributed by atoms with van der Waals surface area (Å²) in [5, 5.41) is 2.28. The van der Waals surface area contributed by atoms with E-state index < -0.39 is 13.3 Å². The molecule has 4 aromatic carbocycles. The summed E-state index contributed by atoms with van der Waals surface area (Å²) in [5.74, 6) is 9.15. The molecule has 3 aromatic heterocycles. The van der Waals surface area contributed by atoms with Crippen molar-refractivity contribution in [3.63, 3.8) is 0 Å². The summed E-state index contributed by atoms with van der Waals surface area (Å²) < 4.78 is 8.05. The predicted molar refractivity (Wildman–Crippen MR) is 227 cm³/mol. The fourth-order valence-corrected chi connectivity index (χ4v) is 11.6. The van der Waals surface area contributed by atoms with Gasteiger partial charge in [-0.05, 0) is 66.1 Å². The standard InChI is InChI=1S/C32H30NO.C17H22GeN.Ir/c1-21-18-28(24-12-7-4-8-13-24)31-27-15-9-14-26(32(27)34-30(31)19-21)29-20-25(16-17-33-29)22(2)23-10-5-3-6-11-23;1-13(2)15-11-17(14-9-7-6-8-10-14)19-12-16(15)18(3,4)5;/h4,7-9,12-13,15-20,22-23H,3,5-6,10-11H2,1-2H3;6-9,11-13H,1-5H3;/q2*-1;. The topological polar surface area (TPSA) is 38.9 Å². The first-order valence-electron chi connectivity index (χ1n) is 19.4. The molecule has 5 heteroatoms. The van der Waals surface area contributed by atoms with E-state index in [1.54, 1.807) is 0 Å². The molecule has 1 aliphatic rings. The van der Waals surface area contributed by atoms with Gasteiger partial charge in [-0.3, -0.25) is 0 Å². The van der Waals surface area contributed by atoms with Crippen LogP contribution in [0.2, 0.25) is 17.3 Å². The van der Waals surface area contributed by atoms with Crippen molar-refractivity contribution in [3.8, 4) is 33.6 Å². The summed E-state index contributed by atoms with van der Waals surface area (Å²) in [4.78, 5) is 9.44. The van der Waals surface area contributed by atoms with Gasteiger partial charge >= 0.3 is 119 Å². The Morgan fingerprint density at radius 1 is 0.778 bits per heavy atom. The maximum Gasteiger partial charge on any atom is 0.121 e. The summed E-state index contributed by atoms with van der Waals surface area (Å²) >= 11 is -1.85. The molecule has 1 unspecified atom stereocenters. The van der Waals surface area contributed by atoms with Gasteiger partial charge in [0.1, 0.15) is 5.58 Å². The van der Waals surface area contributed by atoms with Gasteiger partial charge in [0.25, 0.3) is 0 Å². The quantitative estimate of drug-likeness (QED) is 0.118. The molecule has 1 saturated carbocycles. The number of furan rings is 1. The average molecular weight is 950 g/mol. The van der Waals surface area contributed by atoms with Gasteiger partial charge in [0.05, 0.1) is 5.58 Å². The van der Waals surface area contributed by atoms with Crippen LogP contribution < -0.4 is 4.40 Å². The molecule has 1 fully saturated rings. The number of aromatic nitrogens is 2. The molecule has 7 aromatic rings. The minimum absolute atomic E-state index is 0. The smallest absolute Gasteiger partial charge is 0.121 e. The van der Waals surface area contributed by atoms with Crippen LogP contribution in [0.5, 0.6) is 0 Å². The Balaban J connectivity index is 0.000000213. The molecule has 3 heterocycles. The Morgan fingerprint density at radius 3 is 2.24 bits per heavy atom. The van der Waals surface area contributed by atoms with E-state index >= 15 is 0 Å². The van der Waals surface area contributed by atoms with Gasteiger partial charge in [-0.2, -0.15) is 0 Å². The van der Waals surface area contributed by atoms with Crippen molar-refractivity contribution in [2.75, 3.05) is 0 Å². The van der Waals surface area contributed by atoms with Gasteiger partial charge < -0.3 is 9.40 Å². The van der Waals surface area contributed by atoms with Crippen molar-refractivity contribution in [1.29, 1.82) is 0 Å². The van der Waals surface area contributed by atoms with E-state index in [1.807, 2.05) is 30.5 Å². The Bertz CT molecular complexity index is 2320. The molecule has 0 N–H and O–H groups in total. The van der Waals surface area contributed by atoms with Crippen molar-refractivity contribution in [3.05, 3.63) is 138 Å². The van der Waals surface area contributed by atoms with Crippen molar-refractivity contribution in [1.82, 2.24) is 9.97 Å². The van der Waals surface area contributed by atoms with E-state index in [9.17, 15) is 0 Å². The second-order valence-electron chi connectivity index (χ2n) is 16.2. The molecule has 1 radical (unpaired) electrons. The van der Waals surface area contributed by atoms with Gasteiger partial charge in [0, 0.05) is 31.7 Å². The second kappa shape index (κ2) is 17.3. The first-order chi connectivity index (χ1) is 25.6. The molecular weight excluding hydrogens is 897 g/mol.